The van der Waals surface area contributed by atoms with E-state index in [1.165, 1.54) is 12.1 Å². The average Bonchev–Trinajstić information content (AvgIpc) is 2.58. The van der Waals surface area contributed by atoms with Crippen molar-refractivity contribution in [3.05, 3.63) is 23.5 Å². The third-order valence-corrected chi connectivity index (χ3v) is 3.10. The largest absolute Gasteiger partial charge is 0.504 e. The van der Waals surface area contributed by atoms with Crippen LogP contribution in [0.3, 0.4) is 0 Å². The summed E-state index contributed by atoms with van der Waals surface area (Å²) in [6.45, 7) is 3.90. The highest BCUT2D eigenvalue weighted by Gasteiger charge is 2.25. The van der Waals surface area contributed by atoms with Gasteiger partial charge >= 0.3 is 0 Å². The highest BCUT2D eigenvalue weighted by Crippen LogP contribution is 2.35. The molecular formula is C13H17FO2. The number of ether oxygens (including phenoxy) is 1. The maximum absolute atomic E-state index is 13.6. The van der Waals surface area contributed by atoms with E-state index < -0.39 is 5.82 Å². The van der Waals surface area contributed by atoms with Crippen LogP contribution in [0, 0.1) is 18.7 Å². The van der Waals surface area contributed by atoms with Crippen LogP contribution in [0.1, 0.15) is 31.7 Å². The molecule has 1 aromatic rings. The predicted octanol–water partition coefficient (Wildman–Crippen LogP) is 3.41. The summed E-state index contributed by atoms with van der Waals surface area (Å²) in [5.74, 6) is 0.0551. The van der Waals surface area contributed by atoms with Crippen molar-refractivity contribution in [2.75, 3.05) is 0 Å². The van der Waals surface area contributed by atoms with E-state index in [-0.39, 0.29) is 17.6 Å². The molecule has 1 unspecified atom stereocenters. The van der Waals surface area contributed by atoms with Gasteiger partial charge in [-0.25, -0.2) is 4.39 Å². The fraction of sp³-hybridized carbons (Fsp3) is 0.538. The maximum Gasteiger partial charge on any atom is 0.197 e. The van der Waals surface area contributed by atoms with Crippen molar-refractivity contribution in [3.8, 4) is 11.5 Å². The van der Waals surface area contributed by atoms with E-state index in [9.17, 15) is 9.50 Å². The lowest BCUT2D eigenvalue weighted by Crippen LogP contribution is -2.13. The van der Waals surface area contributed by atoms with Crippen molar-refractivity contribution in [2.24, 2.45) is 5.92 Å². The van der Waals surface area contributed by atoms with Crippen molar-refractivity contribution < 1.29 is 14.2 Å². The van der Waals surface area contributed by atoms with Crippen LogP contribution in [0.25, 0.3) is 0 Å². The quantitative estimate of drug-likeness (QED) is 0.834. The molecule has 1 aliphatic carbocycles. The first kappa shape index (κ1) is 11.2. The topological polar surface area (TPSA) is 29.5 Å². The van der Waals surface area contributed by atoms with Crippen LogP contribution in [-0.4, -0.2) is 11.2 Å². The molecular weight excluding hydrogens is 207 g/mol. The molecule has 1 fully saturated rings. The van der Waals surface area contributed by atoms with Gasteiger partial charge in [0.1, 0.15) is 0 Å². The Labute approximate surface area is 95.1 Å². The second kappa shape index (κ2) is 4.32. The Morgan fingerprint density at radius 2 is 2.12 bits per heavy atom. The molecule has 88 valence electrons. The van der Waals surface area contributed by atoms with Gasteiger partial charge in [-0.2, -0.15) is 0 Å². The second-order valence-electron chi connectivity index (χ2n) is 4.75. The van der Waals surface area contributed by atoms with E-state index in [2.05, 4.69) is 6.92 Å². The Morgan fingerprint density at radius 1 is 1.38 bits per heavy atom. The summed E-state index contributed by atoms with van der Waals surface area (Å²) in [6.07, 6.45) is 3.03. The molecule has 3 heteroatoms. The standard InChI is InChI=1S/C13H17FO2/c1-8-3-4-10(5-8)16-13-11(14)6-9(2)7-12(13)15/h6-8,10,15H,3-5H2,1-2H3/t8?,10-/m1/s1. The zero-order valence-electron chi connectivity index (χ0n) is 9.66. The Kier molecular flexibility index (Phi) is 3.03. The zero-order valence-corrected chi connectivity index (χ0v) is 9.66. The molecule has 0 radical (unpaired) electrons. The molecule has 2 rings (SSSR count). The van der Waals surface area contributed by atoms with E-state index in [1.807, 2.05) is 0 Å². The fourth-order valence-corrected chi connectivity index (χ4v) is 2.26. The number of hydrogen-bond acceptors (Lipinski definition) is 2. The van der Waals surface area contributed by atoms with Crippen LogP contribution in [0.2, 0.25) is 0 Å². The third-order valence-electron chi connectivity index (χ3n) is 3.10. The Hall–Kier alpha value is -1.25. The predicted molar refractivity (Wildman–Crippen MR) is 60.2 cm³/mol. The number of benzene rings is 1. The first-order chi connectivity index (χ1) is 7.56. The summed E-state index contributed by atoms with van der Waals surface area (Å²) in [5, 5.41) is 9.63. The number of phenols is 1. The average molecular weight is 224 g/mol. The van der Waals surface area contributed by atoms with Gasteiger partial charge in [0.25, 0.3) is 0 Å². The lowest BCUT2D eigenvalue weighted by Gasteiger charge is -2.15. The van der Waals surface area contributed by atoms with E-state index in [0.717, 1.165) is 19.3 Å². The van der Waals surface area contributed by atoms with Gasteiger partial charge in [-0.3, -0.25) is 0 Å². The van der Waals surface area contributed by atoms with Gasteiger partial charge in [0.15, 0.2) is 17.3 Å². The van der Waals surface area contributed by atoms with Gasteiger partial charge in [0.05, 0.1) is 6.10 Å². The third kappa shape index (κ3) is 2.29. The summed E-state index contributed by atoms with van der Waals surface area (Å²) in [7, 11) is 0. The van der Waals surface area contributed by atoms with Crippen molar-refractivity contribution in [2.45, 2.75) is 39.2 Å². The second-order valence-corrected chi connectivity index (χ2v) is 4.75. The molecule has 0 aromatic heterocycles. The lowest BCUT2D eigenvalue weighted by molar-refractivity contribution is 0.188. The molecule has 0 bridgehead atoms. The first-order valence-corrected chi connectivity index (χ1v) is 5.72. The van der Waals surface area contributed by atoms with Gasteiger partial charge in [0, 0.05) is 0 Å². The van der Waals surface area contributed by atoms with Crippen molar-refractivity contribution in [3.63, 3.8) is 0 Å². The highest BCUT2D eigenvalue weighted by molar-refractivity contribution is 5.42. The summed E-state index contributed by atoms with van der Waals surface area (Å²) < 4.78 is 19.1. The van der Waals surface area contributed by atoms with Crippen LogP contribution in [-0.2, 0) is 0 Å². The van der Waals surface area contributed by atoms with Gasteiger partial charge in [-0.05, 0) is 49.8 Å². The number of rotatable bonds is 2. The van der Waals surface area contributed by atoms with Gasteiger partial charge in [0.2, 0.25) is 0 Å². The first-order valence-electron chi connectivity index (χ1n) is 5.72. The number of halogens is 1. The maximum atomic E-state index is 13.6. The molecule has 0 aliphatic heterocycles. The van der Waals surface area contributed by atoms with Crippen LogP contribution in [0.4, 0.5) is 4.39 Å². The molecule has 0 heterocycles. The molecule has 1 aromatic carbocycles. The fourth-order valence-electron chi connectivity index (χ4n) is 2.26. The summed E-state index contributed by atoms with van der Waals surface area (Å²) in [4.78, 5) is 0. The number of hydrogen-bond donors (Lipinski definition) is 1. The molecule has 1 aliphatic rings. The Morgan fingerprint density at radius 3 is 2.69 bits per heavy atom. The van der Waals surface area contributed by atoms with Crippen LogP contribution < -0.4 is 4.74 Å². The molecule has 1 N–H and O–H groups in total. The van der Waals surface area contributed by atoms with Crippen LogP contribution in [0.15, 0.2) is 12.1 Å². The van der Waals surface area contributed by atoms with Crippen molar-refractivity contribution in [1.29, 1.82) is 0 Å². The van der Waals surface area contributed by atoms with Crippen LogP contribution in [0.5, 0.6) is 11.5 Å². The molecule has 16 heavy (non-hydrogen) atoms. The molecule has 1 saturated carbocycles. The molecule has 0 saturated heterocycles. The molecule has 0 spiro atoms. The summed E-state index contributed by atoms with van der Waals surface area (Å²) in [6, 6.07) is 2.91. The monoisotopic (exact) mass is 224 g/mol. The van der Waals surface area contributed by atoms with E-state index in [4.69, 9.17) is 4.74 Å². The summed E-state index contributed by atoms with van der Waals surface area (Å²) in [5.41, 5.74) is 0.696. The molecule has 2 atom stereocenters. The minimum Gasteiger partial charge on any atom is -0.504 e. The van der Waals surface area contributed by atoms with Gasteiger partial charge < -0.3 is 9.84 Å². The Balaban J connectivity index is 2.15. The van der Waals surface area contributed by atoms with E-state index >= 15 is 0 Å². The normalized spacial score (nSPS) is 24.7. The van der Waals surface area contributed by atoms with Crippen molar-refractivity contribution >= 4 is 0 Å². The minimum atomic E-state index is -0.475. The minimum absolute atomic E-state index is 0.00435. The van der Waals surface area contributed by atoms with Gasteiger partial charge in [-0.1, -0.05) is 6.92 Å². The number of phenolic OH excluding ortho intramolecular Hbond substituents is 1. The van der Waals surface area contributed by atoms with E-state index in [1.54, 1.807) is 6.92 Å². The number of aryl methyl sites for hydroxylation is 1. The highest BCUT2D eigenvalue weighted by atomic mass is 19.1. The molecule has 2 nitrogen and oxygen atoms in total. The van der Waals surface area contributed by atoms with Gasteiger partial charge in [-0.15, -0.1) is 0 Å². The SMILES string of the molecule is Cc1cc(O)c(O[C@@H]2CCC(C)C2)c(F)c1. The summed E-state index contributed by atoms with van der Waals surface area (Å²) >= 11 is 0. The smallest absolute Gasteiger partial charge is 0.197 e. The van der Waals surface area contributed by atoms with Crippen LogP contribution >= 0.6 is 0 Å². The number of aromatic hydroxyl groups is 1. The Bertz CT molecular complexity index is 367. The zero-order chi connectivity index (χ0) is 11.7. The lowest BCUT2D eigenvalue weighted by atomic mass is 10.1. The van der Waals surface area contributed by atoms with E-state index in [0.29, 0.717) is 11.5 Å². The van der Waals surface area contributed by atoms with Crippen molar-refractivity contribution in [1.82, 2.24) is 0 Å². The molecule has 0 amide bonds.